The first kappa shape index (κ1) is 11.9. The molecule has 0 bridgehead atoms. The van der Waals surface area contributed by atoms with Crippen LogP contribution in [-0.4, -0.2) is 12.0 Å². The highest BCUT2D eigenvalue weighted by Gasteiger charge is 2.03. The van der Waals surface area contributed by atoms with Crippen LogP contribution < -0.4 is 4.74 Å². The van der Waals surface area contributed by atoms with Crippen molar-refractivity contribution < 1.29 is 9.13 Å². The number of halogens is 2. The third-order valence-electron chi connectivity index (χ3n) is 1.60. The van der Waals surface area contributed by atoms with Gasteiger partial charge in [-0.15, -0.1) is 11.6 Å². The van der Waals surface area contributed by atoms with E-state index in [0.717, 1.165) is 0 Å². The van der Waals surface area contributed by atoms with Gasteiger partial charge in [-0.3, -0.25) is 0 Å². The second-order valence-corrected chi connectivity index (χ2v) is 3.51. The molecule has 0 aliphatic carbocycles. The van der Waals surface area contributed by atoms with Gasteiger partial charge < -0.3 is 4.74 Å². The van der Waals surface area contributed by atoms with Gasteiger partial charge in [-0.05, 0) is 26.0 Å². The highest BCUT2D eigenvalue weighted by molar-refractivity contribution is 6.19. The van der Waals surface area contributed by atoms with E-state index in [1.807, 2.05) is 13.8 Å². The maximum Gasteiger partial charge on any atom is 0.142 e. The molecule has 0 atom stereocenters. The average molecular weight is 227 g/mol. The molecule has 0 aromatic heterocycles. The van der Waals surface area contributed by atoms with E-state index in [-0.39, 0.29) is 17.8 Å². The van der Waals surface area contributed by atoms with E-state index >= 15 is 0 Å². The molecule has 1 nitrogen and oxygen atoms in total. The number of rotatable bonds is 2. The Hall–Kier alpha value is -1.20. The van der Waals surface area contributed by atoms with E-state index < -0.39 is 0 Å². The van der Waals surface area contributed by atoms with Crippen molar-refractivity contribution in [2.75, 3.05) is 5.88 Å². The first-order chi connectivity index (χ1) is 7.13. The van der Waals surface area contributed by atoms with E-state index in [4.69, 9.17) is 16.3 Å². The van der Waals surface area contributed by atoms with Crippen molar-refractivity contribution in [2.24, 2.45) is 0 Å². The fraction of sp³-hybridized carbons (Fsp3) is 0.333. The SMILES string of the molecule is CC(C)Oc1ccc(C#CCCl)c(F)c1. The Labute approximate surface area is 94.2 Å². The van der Waals surface area contributed by atoms with Crippen LogP contribution >= 0.6 is 11.6 Å². The summed E-state index contributed by atoms with van der Waals surface area (Å²) in [4.78, 5) is 0. The van der Waals surface area contributed by atoms with Crippen LogP contribution in [0.1, 0.15) is 19.4 Å². The van der Waals surface area contributed by atoms with E-state index in [1.54, 1.807) is 12.1 Å². The fourth-order valence-corrected chi connectivity index (χ4v) is 1.14. The average Bonchev–Trinajstić information content (AvgIpc) is 2.15. The Balaban J connectivity index is 2.88. The van der Waals surface area contributed by atoms with E-state index in [1.165, 1.54) is 6.07 Å². The zero-order chi connectivity index (χ0) is 11.3. The van der Waals surface area contributed by atoms with Crippen molar-refractivity contribution in [3.05, 3.63) is 29.6 Å². The van der Waals surface area contributed by atoms with Gasteiger partial charge in [-0.25, -0.2) is 4.39 Å². The predicted octanol–water partition coefficient (Wildman–Crippen LogP) is 3.20. The quantitative estimate of drug-likeness (QED) is 0.556. The molecule has 0 saturated carbocycles. The Bertz CT molecular complexity index is 390. The van der Waals surface area contributed by atoms with Crippen LogP contribution in [0.4, 0.5) is 4.39 Å². The largest absolute Gasteiger partial charge is 0.491 e. The summed E-state index contributed by atoms with van der Waals surface area (Å²) >= 11 is 5.38. The lowest BCUT2D eigenvalue weighted by molar-refractivity contribution is 0.241. The molecular weight excluding hydrogens is 215 g/mol. The third-order valence-corrected chi connectivity index (χ3v) is 1.74. The molecule has 3 heteroatoms. The number of ether oxygens (including phenoxy) is 1. The van der Waals surface area contributed by atoms with Crippen LogP contribution in [0, 0.1) is 17.7 Å². The first-order valence-corrected chi connectivity index (χ1v) is 5.18. The van der Waals surface area contributed by atoms with Crippen molar-refractivity contribution in [3.8, 4) is 17.6 Å². The summed E-state index contributed by atoms with van der Waals surface area (Å²) in [5.74, 6) is 5.56. The zero-order valence-corrected chi connectivity index (χ0v) is 9.44. The van der Waals surface area contributed by atoms with Gasteiger partial charge in [0.25, 0.3) is 0 Å². The van der Waals surface area contributed by atoms with Gasteiger partial charge in [0.05, 0.1) is 17.5 Å². The highest BCUT2D eigenvalue weighted by Crippen LogP contribution is 2.17. The molecular formula is C12H12ClFO. The van der Waals surface area contributed by atoms with Gasteiger partial charge in [0.15, 0.2) is 0 Å². The lowest BCUT2D eigenvalue weighted by Gasteiger charge is -2.09. The molecule has 0 heterocycles. The smallest absolute Gasteiger partial charge is 0.142 e. The number of benzene rings is 1. The number of hydrogen-bond acceptors (Lipinski definition) is 1. The van der Waals surface area contributed by atoms with Crippen molar-refractivity contribution in [3.63, 3.8) is 0 Å². The molecule has 0 spiro atoms. The summed E-state index contributed by atoms with van der Waals surface area (Å²) in [6.07, 6.45) is 0.0316. The summed E-state index contributed by atoms with van der Waals surface area (Å²) in [6, 6.07) is 4.62. The Morgan fingerprint density at radius 3 is 2.73 bits per heavy atom. The Morgan fingerprint density at radius 1 is 1.47 bits per heavy atom. The van der Waals surface area contributed by atoms with E-state index in [9.17, 15) is 4.39 Å². The Kier molecular flexibility index (Phi) is 4.45. The second kappa shape index (κ2) is 5.63. The van der Waals surface area contributed by atoms with Crippen LogP contribution in [0.2, 0.25) is 0 Å². The highest BCUT2D eigenvalue weighted by atomic mass is 35.5. The molecule has 15 heavy (non-hydrogen) atoms. The number of hydrogen-bond donors (Lipinski definition) is 0. The summed E-state index contributed by atoms with van der Waals surface area (Å²) in [5, 5.41) is 0. The predicted molar refractivity (Wildman–Crippen MR) is 59.8 cm³/mol. The standard InChI is InChI=1S/C12H12ClFO/c1-9(2)15-11-6-5-10(4-3-7-13)12(14)8-11/h5-6,8-9H,7H2,1-2H3. The van der Waals surface area contributed by atoms with Gasteiger partial charge in [0, 0.05) is 6.07 Å². The zero-order valence-electron chi connectivity index (χ0n) is 8.68. The summed E-state index contributed by atoms with van der Waals surface area (Å²) < 4.78 is 18.7. The van der Waals surface area contributed by atoms with Crippen molar-refractivity contribution in [2.45, 2.75) is 20.0 Å². The van der Waals surface area contributed by atoms with Gasteiger partial charge in [-0.2, -0.15) is 0 Å². The molecule has 1 aromatic rings. The summed E-state index contributed by atoms with van der Waals surface area (Å²) in [5.41, 5.74) is 0.340. The molecule has 1 rings (SSSR count). The maximum absolute atomic E-state index is 13.4. The van der Waals surface area contributed by atoms with Crippen LogP contribution in [0.5, 0.6) is 5.75 Å². The monoisotopic (exact) mass is 226 g/mol. The molecule has 0 aliphatic heterocycles. The molecule has 0 saturated heterocycles. The van der Waals surface area contributed by atoms with Crippen LogP contribution in [-0.2, 0) is 0 Å². The minimum atomic E-state index is -0.384. The third kappa shape index (κ3) is 3.81. The van der Waals surface area contributed by atoms with E-state index in [2.05, 4.69) is 11.8 Å². The molecule has 0 N–H and O–H groups in total. The van der Waals surface area contributed by atoms with Gasteiger partial charge in [0.1, 0.15) is 11.6 Å². The lowest BCUT2D eigenvalue weighted by atomic mass is 10.2. The van der Waals surface area contributed by atoms with Gasteiger partial charge in [-0.1, -0.05) is 11.8 Å². The Morgan fingerprint density at radius 2 is 2.20 bits per heavy atom. The molecule has 0 unspecified atom stereocenters. The number of alkyl halides is 1. The normalized spacial score (nSPS) is 9.67. The molecule has 0 aliphatic rings. The van der Waals surface area contributed by atoms with Crippen molar-refractivity contribution in [1.29, 1.82) is 0 Å². The van der Waals surface area contributed by atoms with Gasteiger partial charge in [0.2, 0.25) is 0 Å². The van der Waals surface area contributed by atoms with Crippen LogP contribution in [0.15, 0.2) is 18.2 Å². The minimum Gasteiger partial charge on any atom is -0.491 e. The summed E-state index contributed by atoms with van der Waals surface area (Å²) in [6.45, 7) is 3.78. The van der Waals surface area contributed by atoms with E-state index in [0.29, 0.717) is 11.3 Å². The van der Waals surface area contributed by atoms with Crippen LogP contribution in [0.3, 0.4) is 0 Å². The lowest BCUT2D eigenvalue weighted by Crippen LogP contribution is -2.05. The molecule has 80 valence electrons. The second-order valence-electron chi connectivity index (χ2n) is 3.24. The fourth-order valence-electron chi connectivity index (χ4n) is 1.07. The van der Waals surface area contributed by atoms with Crippen LogP contribution in [0.25, 0.3) is 0 Å². The molecule has 0 amide bonds. The molecule has 1 aromatic carbocycles. The molecule has 0 radical (unpaired) electrons. The summed E-state index contributed by atoms with van der Waals surface area (Å²) in [7, 11) is 0. The molecule has 0 fully saturated rings. The topological polar surface area (TPSA) is 9.23 Å². The van der Waals surface area contributed by atoms with Gasteiger partial charge >= 0.3 is 0 Å². The minimum absolute atomic E-state index is 0.0316. The maximum atomic E-state index is 13.4. The van der Waals surface area contributed by atoms with Crippen molar-refractivity contribution in [1.82, 2.24) is 0 Å². The first-order valence-electron chi connectivity index (χ1n) is 4.64. The van der Waals surface area contributed by atoms with Crippen molar-refractivity contribution >= 4 is 11.6 Å².